The van der Waals surface area contributed by atoms with Crippen molar-refractivity contribution in [1.82, 2.24) is 4.90 Å². The van der Waals surface area contributed by atoms with Crippen LogP contribution in [0.2, 0.25) is 0 Å². The largest absolute Gasteiger partial charge is 0.490 e. The fourth-order valence-electron chi connectivity index (χ4n) is 3.84. The topological polar surface area (TPSA) is 61.8 Å². The molecule has 1 aromatic rings. The highest BCUT2D eigenvalue weighted by Crippen LogP contribution is 2.30. The summed E-state index contributed by atoms with van der Waals surface area (Å²) in [6.45, 7) is 5.22. The van der Waals surface area contributed by atoms with Crippen molar-refractivity contribution in [3.05, 3.63) is 23.8 Å². The molecule has 1 aliphatic carbocycles. The fraction of sp³-hybridized carbons (Fsp3) is 0.650. The third-order valence-corrected chi connectivity index (χ3v) is 5.63. The second-order valence-corrected chi connectivity index (χ2v) is 7.45. The summed E-state index contributed by atoms with van der Waals surface area (Å²) >= 11 is 0. The van der Waals surface area contributed by atoms with Gasteiger partial charge in [0.1, 0.15) is 5.75 Å². The molecule has 0 spiro atoms. The molecule has 2 N–H and O–H groups in total. The van der Waals surface area contributed by atoms with Crippen molar-refractivity contribution in [2.45, 2.75) is 64.6 Å². The number of hydrogen-bond donors (Lipinski definition) is 2. The standard InChI is InChI=1S/C20H30N2O3/c1-14-18(8-5-9-19(14)25-17-6-3-4-7-17)21-20(24)22-12-10-16(11-13-22)15(2)23/h5,8-9,15-17,23H,3-4,6-7,10-13H2,1-2H3,(H,21,24)/t15-/m0/s1. The normalized spacial score (nSPS) is 20.5. The number of carbonyl (C=O) groups is 1. The van der Waals surface area contributed by atoms with Crippen LogP contribution in [0.5, 0.6) is 5.75 Å². The summed E-state index contributed by atoms with van der Waals surface area (Å²) in [5, 5.41) is 12.7. The van der Waals surface area contributed by atoms with E-state index in [1.54, 1.807) is 0 Å². The van der Waals surface area contributed by atoms with Gasteiger partial charge in [0.25, 0.3) is 0 Å². The molecule has 0 aromatic heterocycles. The number of nitrogens with one attached hydrogen (secondary N) is 1. The zero-order valence-electron chi connectivity index (χ0n) is 15.3. The van der Waals surface area contributed by atoms with E-state index in [4.69, 9.17) is 4.74 Å². The maximum Gasteiger partial charge on any atom is 0.321 e. The van der Waals surface area contributed by atoms with E-state index in [-0.39, 0.29) is 12.1 Å². The number of piperidine rings is 1. The number of ether oxygens (including phenoxy) is 1. The number of hydrogen-bond acceptors (Lipinski definition) is 3. The maximum absolute atomic E-state index is 12.6. The van der Waals surface area contributed by atoms with Gasteiger partial charge in [-0.15, -0.1) is 0 Å². The van der Waals surface area contributed by atoms with E-state index in [1.807, 2.05) is 36.9 Å². The zero-order chi connectivity index (χ0) is 17.8. The first-order chi connectivity index (χ1) is 12.0. The second-order valence-electron chi connectivity index (χ2n) is 7.45. The second kappa shape index (κ2) is 8.09. The first-order valence-corrected chi connectivity index (χ1v) is 9.55. The highest BCUT2D eigenvalue weighted by Gasteiger charge is 2.26. The number of urea groups is 1. The lowest BCUT2D eigenvalue weighted by molar-refractivity contribution is 0.0820. The Morgan fingerprint density at radius 2 is 1.92 bits per heavy atom. The molecule has 1 atom stereocenters. The Balaban J connectivity index is 1.59. The molecular formula is C20H30N2O3. The summed E-state index contributed by atoms with van der Waals surface area (Å²) in [6, 6.07) is 5.78. The van der Waals surface area contributed by atoms with Gasteiger partial charge in [-0.3, -0.25) is 0 Å². The predicted molar refractivity (Wildman–Crippen MR) is 99.1 cm³/mol. The smallest absolute Gasteiger partial charge is 0.321 e. The summed E-state index contributed by atoms with van der Waals surface area (Å²) in [5.74, 6) is 1.17. The molecule has 3 rings (SSSR count). The van der Waals surface area contributed by atoms with E-state index in [1.165, 1.54) is 12.8 Å². The van der Waals surface area contributed by atoms with Gasteiger partial charge in [0.15, 0.2) is 0 Å². The first kappa shape index (κ1) is 18.1. The van der Waals surface area contributed by atoms with Crippen LogP contribution < -0.4 is 10.1 Å². The van der Waals surface area contributed by atoms with E-state index in [9.17, 15) is 9.90 Å². The molecule has 1 saturated heterocycles. The molecule has 1 aromatic carbocycles. The van der Waals surface area contributed by atoms with Gasteiger partial charge in [-0.1, -0.05) is 6.07 Å². The number of aliphatic hydroxyl groups excluding tert-OH is 1. The van der Waals surface area contributed by atoms with E-state index in [2.05, 4.69) is 5.32 Å². The third kappa shape index (κ3) is 4.46. The summed E-state index contributed by atoms with van der Waals surface area (Å²) < 4.78 is 6.12. The Hall–Kier alpha value is -1.75. The lowest BCUT2D eigenvalue weighted by atomic mass is 9.92. The quantitative estimate of drug-likeness (QED) is 0.868. The van der Waals surface area contributed by atoms with Crippen LogP contribution in [0.4, 0.5) is 10.5 Å². The summed E-state index contributed by atoms with van der Waals surface area (Å²) in [4.78, 5) is 14.4. The number of anilines is 1. The molecule has 5 nitrogen and oxygen atoms in total. The molecule has 0 radical (unpaired) electrons. The number of rotatable bonds is 4. The van der Waals surface area contributed by atoms with E-state index < -0.39 is 0 Å². The average Bonchev–Trinajstić information content (AvgIpc) is 3.11. The molecular weight excluding hydrogens is 316 g/mol. The predicted octanol–water partition coefficient (Wildman–Crippen LogP) is 3.94. The van der Waals surface area contributed by atoms with Crippen LogP contribution in [0, 0.1) is 12.8 Å². The summed E-state index contributed by atoms with van der Waals surface area (Å²) in [6.07, 6.45) is 6.44. The van der Waals surface area contributed by atoms with E-state index in [0.717, 1.165) is 42.7 Å². The van der Waals surface area contributed by atoms with Gasteiger partial charge in [0.2, 0.25) is 0 Å². The Morgan fingerprint density at radius 3 is 2.56 bits per heavy atom. The van der Waals surface area contributed by atoms with Crippen LogP contribution in [0.25, 0.3) is 0 Å². The van der Waals surface area contributed by atoms with Crippen molar-refractivity contribution >= 4 is 11.7 Å². The van der Waals surface area contributed by atoms with Crippen molar-refractivity contribution in [2.24, 2.45) is 5.92 Å². The van der Waals surface area contributed by atoms with Gasteiger partial charge in [-0.05, 0) is 70.4 Å². The molecule has 25 heavy (non-hydrogen) atoms. The SMILES string of the molecule is Cc1c(NC(=O)N2CCC([C@H](C)O)CC2)cccc1OC1CCCC1. The van der Waals surface area contributed by atoms with E-state index >= 15 is 0 Å². The number of nitrogens with zero attached hydrogens (tertiary/aromatic N) is 1. The molecule has 138 valence electrons. The zero-order valence-corrected chi connectivity index (χ0v) is 15.3. The van der Waals surface area contributed by atoms with Crippen molar-refractivity contribution in [3.8, 4) is 5.75 Å². The number of amides is 2. The Bertz CT molecular complexity index is 589. The third-order valence-electron chi connectivity index (χ3n) is 5.63. The lowest BCUT2D eigenvalue weighted by Gasteiger charge is -2.33. The Kier molecular flexibility index (Phi) is 5.84. The van der Waals surface area contributed by atoms with Gasteiger partial charge in [0, 0.05) is 24.3 Å². The highest BCUT2D eigenvalue weighted by molar-refractivity contribution is 5.90. The Morgan fingerprint density at radius 1 is 1.24 bits per heavy atom. The number of carbonyl (C=O) groups excluding carboxylic acids is 1. The van der Waals surface area contributed by atoms with Crippen LogP contribution in [0.15, 0.2) is 18.2 Å². The van der Waals surface area contributed by atoms with E-state index in [0.29, 0.717) is 25.1 Å². The van der Waals surface area contributed by atoms with Crippen molar-refractivity contribution in [2.75, 3.05) is 18.4 Å². The average molecular weight is 346 g/mol. The van der Waals surface area contributed by atoms with Crippen LogP contribution in [0.1, 0.15) is 51.0 Å². The molecule has 2 aliphatic rings. The molecule has 1 aliphatic heterocycles. The molecule has 2 fully saturated rings. The summed E-state index contributed by atoms with van der Waals surface area (Å²) in [7, 11) is 0. The van der Waals surface area contributed by atoms with Crippen LogP contribution >= 0.6 is 0 Å². The lowest BCUT2D eigenvalue weighted by Crippen LogP contribution is -2.42. The van der Waals surface area contributed by atoms with Gasteiger partial charge in [-0.25, -0.2) is 4.79 Å². The molecule has 0 unspecified atom stereocenters. The van der Waals surface area contributed by atoms with Gasteiger partial charge >= 0.3 is 6.03 Å². The minimum atomic E-state index is -0.295. The number of aliphatic hydroxyl groups is 1. The summed E-state index contributed by atoms with van der Waals surface area (Å²) in [5.41, 5.74) is 1.81. The van der Waals surface area contributed by atoms with Gasteiger partial charge in [0.05, 0.1) is 12.2 Å². The number of likely N-dealkylation sites (tertiary alicyclic amines) is 1. The van der Waals surface area contributed by atoms with Gasteiger partial charge in [-0.2, -0.15) is 0 Å². The molecule has 0 bridgehead atoms. The molecule has 1 saturated carbocycles. The first-order valence-electron chi connectivity index (χ1n) is 9.55. The molecule has 1 heterocycles. The molecule has 5 heteroatoms. The number of benzene rings is 1. The van der Waals surface area contributed by atoms with Crippen LogP contribution in [-0.4, -0.2) is 41.3 Å². The fourth-order valence-corrected chi connectivity index (χ4v) is 3.84. The monoisotopic (exact) mass is 346 g/mol. The van der Waals surface area contributed by atoms with Gasteiger partial charge < -0.3 is 20.1 Å². The van der Waals surface area contributed by atoms with Crippen LogP contribution in [-0.2, 0) is 0 Å². The minimum Gasteiger partial charge on any atom is -0.490 e. The van der Waals surface area contributed by atoms with Crippen molar-refractivity contribution in [3.63, 3.8) is 0 Å². The molecule has 2 amide bonds. The Labute approximate surface area is 150 Å². The van der Waals surface area contributed by atoms with Crippen LogP contribution in [0.3, 0.4) is 0 Å². The maximum atomic E-state index is 12.6. The van der Waals surface area contributed by atoms with Crippen molar-refractivity contribution in [1.29, 1.82) is 0 Å². The van der Waals surface area contributed by atoms with Crippen molar-refractivity contribution < 1.29 is 14.6 Å². The minimum absolute atomic E-state index is 0.0647. The highest BCUT2D eigenvalue weighted by atomic mass is 16.5.